The minimum absolute atomic E-state index is 0.0590. The number of aromatic nitrogens is 1. The first-order valence-electron chi connectivity index (χ1n) is 9.07. The highest BCUT2D eigenvalue weighted by molar-refractivity contribution is 7.92. The Morgan fingerprint density at radius 3 is 2.72 bits per heavy atom. The van der Waals surface area contributed by atoms with E-state index in [1.807, 2.05) is 0 Å². The van der Waals surface area contributed by atoms with Crippen LogP contribution in [0.3, 0.4) is 0 Å². The van der Waals surface area contributed by atoms with Crippen LogP contribution < -0.4 is 19.7 Å². The molecule has 0 unspecified atom stereocenters. The summed E-state index contributed by atoms with van der Waals surface area (Å²) in [6.07, 6.45) is 4.54. The Balaban J connectivity index is 1.72. The summed E-state index contributed by atoms with van der Waals surface area (Å²) >= 11 is 0. The van der Waals surface area contributed by atoms with Crippen LogP contribution in [0.15, 0.2) is 42.7 Å². The molecule has 1 aliphatic rings. The van der Waals surface area contributed by atoms with Gasteiger partial charge in [-0.1, -0.05) is 6.07 Å². The lowest BCUT2D eigenvalue weighted by Crippen LogP contribution is -2.38. The summed E-state index contributed by atoms with van der Waals surface area (Å²) in [7, 11) is -2.01. The largest absolute Gasteiger partial charge is 0.495 e. The van der Waals surface area contributed by atoms with Gasteiger partial charge in [-0.2, -0.15) is 0 Å². The van der Waals surface area contributed by atoms with Crippen molar-refractivity contribution in [3.05, 3.63) is 48.3 Å². The van der Waals surface area contributed by atoms with Gasteiger partial charge in [-0.25, -0.2) is 8.42 Å². The number of carbonyl (C=O) groups is 2. The maximum absolute atomic E-state index is 12.4. The van der Waals surface area contributed by atoms with Gasteiger partial charge >= 0.3 is 11.8 Å². The Bertz CT molecular complexity index is 995. The second-order valence-corrected chi connectivity index (χ2v) is 8.49. The van der Waals surface area contributed by atoms with E-state index in [1.165, 1.54) is 17.5 Å². The van der Waals surface area contributed by atoms with Gasteiger partial charge in [-0.05, 0) is 42.7 Å². The first kappa shape index (κ1) is 20.6. The maximum atomic E-state index is 12.4. The molecule has 0 spiro atoms. The summed E-state index contributed by atoms with van der Waals surface area (Å²) < 4.78 is 31.4. The van der Waals surface area contributed by atoms with E-state index in [4.69, 9.17) is 4.74 Å². The topological polar surface area (TPSA) is 118 Å². The monoisotopic (exact) mass is 418 g/mol. The molecule has 9 nitrogen and oxygen atoms in total. The molecular formula is C19H22N4O5S. The number of sulfonamides is 1. The van der Waals surface area contributed by atoms with Gasteiger partial charge in [0.2, 0.25) is 10.0 Å². The number of carbonyl (C=O) groups excluding carboxylic acids is 2. The van der Waals surface area contributed by atoms with Gasteiger partial charge in [0.15, 0.2) is 0 Å². The van der Waals surface area contributed by atoms with E-state index in [0.717, 1.165) is 12.0 Å². The van der Waals surface area contributed by atoms with Crippen LogP contribution in [-0.2, 0) is 26.2 Å². The van der Waals surface area contributed by atoms with Gasteiger partial charge in [-0.3, -0.25) is 18.9 Å². The Hall–Kier alpha value is -3.14. The molecule has 29 heavy (non-hydrogen) atoms. The lowest BCUT2D eigenvalue weighted by molar-refractivity contribution is -0.136. The van der Waals surface area contributed by atoms with Crippen molar-refractivity contribution < 1.29 is 22.7 Å². The van der Waals surface area contributed by atoms with Gasteiger partial charge in [-0.15, -0.1) is 0 Å². The van der Waals surface area contributed by atoms with E-state index in [2.05, 4.69) is 15.6 Å². The zero-order valence-corrected chi connectivity index (χ0v) is 16.7. The molecule has 0 bridgehead atoms. The van der Waals surface area contributed by atoms with Crippen molar-refractivity contribution >= 4 is 33.2 Å². The highest BCUT2D eigenvalue weighted by Gasteiger charge is 2.28. The second-order valence-electron chi connectivity index (χ2n) is 6.48. The van der Waals surface area contributed by atoms with Crippen molar-refractivity contribution in [1.29, 1.82) is 0 Å². The molecule has 1 aromatic carbocycles. The maximum Gasteiger partial charge on any atom is 0.313 e. The van der Waals surface area contributed by atoms with Gasteiger partial charge in [0.25, 0.3) is 0 Å². The predicted molar refractivity (Wildman–Crippen MR) is 108 cm³/mol. The molecule has 1 saturated heterocycles. The molecule has 0 aliphatic carbocycles. The number of methoxy groups -OCH3 is 1. The minimum Gasteiger partial charge on any atom is -0.495 e. The molecule has 2 aromatic rings. The molecular weight excluding hydrogens is 396 g/mol. The molecule has 3 rings (SSSR count). The highest BCUT2D eigenvalue weighted by Crippen LogP contribution is 2.35. The lowest BCUT2D eigenvalue weighted by Gasteiger charge is -2.29. The van der Waals surface area contributed by atoms with E-state index in [-0.39, 0.29) is 12.3 Å². The Morgan fingerprint density at radius 1 is 1.21 bits per heavy atom. The normalized spacial score (nSPS) is 15.4. The molecule has 2 amide bonds. The third-order valence-corrected chi connectivity index (χ3v) is 6.29. The van der Waals surface area contributed by atoms with Crippen LogP contribution in [-0.4, -0.2) is 44.6 Å². The third kappa shape index (κ3) is 5.02. The van der Waals surface area contributed by atoms with Crippen LogP contribution in [0.4, 0.5) is 11.4 Å². The van der Waals surface area contributed by atoms with E-state index >= 15 is 0 Å². The molecule has 1 aliphatic heterocycles. The Morgan fingerprint density at radius 2 is 2.03 bits per heavy atom. The summed E-state index contributed by atoms with van der Waals surface area (Å²) in [4.78, 5) is 28.2. The number of pyridine rings is 1. The summed E-state index contributed by atoms with van der Waals surface area (Å²) in [5.41, 5.74) is 1.39. The van der Waals surface area contributed by atoms with Crippen molar-refractivity contribution in [3.63, 3.8) is 0 Å². The Kier molecular flexibility index (Phi) is 6.32. The van der Waals surface area contributed by atoms with Gasteiger partial charge in [0.05, 0.1) is 18.6 Å². The molecule has 2 N–H and O–H groups in total. The van der Waals surface area contributed by atoms with E-state index in [9.17, 15) is 18.0 Å². The quantitative estimate of drug-likeness (QED) is 0.706. The first-order valence-corrected chi connectivity index (χ1v) is 10.7. The zero-order valence-electron chi connectivity index (χ0n) is 15.9. The molecule has 0 radical (unpaired) electrons. The smallest absolute Gasteiger partial charge is 0.313 e. The number of rotatable bonds is 5. The first-order chi connectivity index (χ1) is 13.9. The number of ether oxygens (including phenoxy) is 1. The van der Waals surface area contributed by atoms with Gasteiger partial charge in [0, 0.05) is 31.2 Å². The summed E-state index contributed by atoms with van der Waals surface area (Å²) in [5.74, 6) is -1.23. The summed E-state index contributed by atoms with van der Waals surface area (Å²) in [6, 6.07) is 8.11. The number of nitrogens with one attached hydrogen (secondary N) is 2. The van der Waals surface area contributed by atoms with Crippen LogP contribution in [0.1, 0.15) is 18.4 Å². The standard InChI is InChI=1S/C19H22N4O5S/c1-28-17-7-6-15(11-16(17)23-9-2-3-10-29(23,26)27)22-19(25)18(24)21-13-14-5-4-8-20-12-14/h4-8,11-12H,2-3,9-10,13H2,1H3,(H,21,24)(H,22,25). The van der Waals surface area contributed by atoms with Crippen LogP contribution in [0, 0.1) is 0 Å². The van der Waals surface area contributed by atoms with E-state index < -0.39 is 21.8 Å². The number of hydrogen-bond donors (Lipinski definition) is 2. The molecule has 2 heterocycles. The summed E-state index contributed by atoms with van der Waals surface area (Å²) in [6.45, 7) is 0.502. The van der Waals surface area contributed by atoms with E-state index in [1.54, 1.807) is 36.7 Å². The molecule has 1 fully saturated rings. The van der Waals surface area contributed by atoms with E-state index in [0.29, 0.717) is 30.1 Å². The van der Waals surface area contributed by atoms with Crippen molar-refractivity contribution in [2.24, 2.45) is 0 Å². The fourth-order valence-corrected chi connectivity index (χ4v) is 4.61. The second kappa shape index (κ2) is 8.91. The molecule has 10 heteroatoms. The van der Waals surface area contributed by atoms with Crippen molar-refractivity contribution in [3.8, 4) is 5.75 Å². The molecule has 0 atom stereocenters. The fraction of sp³-hybridized carbons (Fsp3) is 0.316. The number of nitrogens with zero attached hydrogens (tertiary/aromatic N) is 2. The number of hydrogen-bond acceptors (Lipinski definition) is 6. The molecule has 154 valence electrons. The highest BCUT2D eigenvalue weighted by atomic mass is 32.2. The average Bonchev–Trinajstić information content (AvgIpc) is 2.72. The van der Waals surface area contributed by atoms with Gasteiger partial charge in [0.1, 0.15) is 5.75 Å². The van der Waals surface area contributed by atoms with Crippen LogP contribution in [0.2, 0.25) is 0 Å². The number of amides is 2. The predicted octanol–water partition coefficient (Wildman–Crippen LogP) is 1.28. The Labute approximate surface area is 169 Å². The van der Waals surface area contributed by atoms with Crippen molar-refractivity contribution in [1.82, 2.24) is 10.3 Å². The summed E-state index contributed by atoms with van der Waals surface area (Å²) in [5, 5.41) is 5.00. The van der Waals surface area contributed by atoms with Crippen LogP contribution in [0.25, 0.3) is 0 Å². The minimum atomic E-state index is -3.45. The lowest BCUT2D eigenvalue weighted by atomic mass is 10.2. The van der Waals surface area contributed by atoms with Crippen molar-refractivity contribution in [2.45, 2.75) is 19.4 Å². The SMILES string of the molecule is COc1ccc(NC(=O)C(=O)NCc2cccnc2)cc1N1CCCCS1(=O)=O. The zero-order chi connectivity index (χ0) is 20.9. The molecule has 0 saturated carbocycles. The average molecular weight is 418 g/mol. The van der Waals surface area contributed by atoms with Crippen molar-refractivity contribution in [2.75, 3.05) is 29.0 Å². The fourth-order valence-electron chi connectivity index (χ4n) is 2.98. The third-order valence-electron chi connectivity index (χ3n) is 4.44. The van der Waals surface area contributed by atoms with Crippen LogP contribution >= 0.6 is 0 Å². The number of benzene rings is 1. The number of anilines is 2. The molecule has 1 aromatic heterocycles. The van der Waals surface area contributed by atoms with Crippen LogP contribution in [0.5, 0.6) is 5.75 Å². The van der Waals surface area contributed by atoms with Gasteiger partial charge < -0.3 is 15.4 Å².